The molecule has 2 N–H and O–H groups in total. The van der Waals surface area contributed by atoms with Gasteiger partial charge in [-0.05, 0) is 43.2 Å². The van der Waals surface area contributed by atoms with Crippen molar-refractivity contribution in [3.63, 3.8) is 0 Å². The van der Waals surface area contributed by atoms with E-state index >= 15 is 0 Å². The minimum Gasteiger partial charge on any atom is -0.327 e. The molecule has 2 unspecified atom stereocenters. The molecule has 0 saturated heterocycles. The van der Waals surface area contributed by atoms with Gasteiger partial charge < -0.3 is 4.98 Å². The highest BCUT2D eigenvalue weighted by molar-refractivity contribution is 9.11. The molecule has 3 aromatic heterocycles. The maximum Gasteiger partial charge on any atom is 0.273 e. The van der Waals surface area contributed by atoms with Crippen molar-refractivity contribution in [3.05, 3.63) is 75.0 Å². The summed E-state index contributed by atoms with van der Waals surface area (Å²) in [5.41, 5.74) is 1.08. The van der Waals surface area contributed by atoms with Crippen molar-refractivity contribution in [2.75, 3.05) is 0 Å². The molecular formula is C18H17BrN4O3S. The lowest BCUT2D eigenvalue weighted by Crippen LogP contribution is -2.46. The molecule has 0 aliphatic heterocycles. The second-order valence-electron chi connectivity index (χ2n) is 6.72. The monoisotopic (exact) mass is 448 g/mol. The fraction of sp³-hybridized carbons (Fsp3) is 0.222. The van der Waals surface area contributed by atoms with Crippen LogP contribution in [0, 0.1) is 0 Å². The molecular weight excluding hydrogens is 432 g/mol. The molecule has 0 amide bonds. The van der Waals surface area contributed by atoms with Gasteiger partial charge >= 0.3 is 0 Å². The van der Waals surface area contributed by atoms with E-state index in [1.807, 2.05) is 6.08 Å². The molecule has 3 aromatic rings. The van der Waals surface area contributed by atoms with Gasteiger partial charge in [-0.2, -0.15) is 5.10 Å². The number of aromatic nitrogens is 4. The molecule has 9 heteroatoms. The minimum atomic E-state index is -3.99. The lowest BCUT2D eigenvalue weighted by Gasteiger charge is -2.38. The lowest BCUT2D eigenvalue weighted by molar-refractivity contribution is 0.525. The number of rotatable bonds is 3. The number of halogens is 1. The summed E-state index contributed by atoms with van der Waals surface area (Å²) >= 11 is 3.47. The van der Waals surface area contributed by atoms with Crippen LogP contribution in [0.3, 0.4) is 0 Å². The average Bonchev–Trinajstić information content (AvgIpc) is 3.28. The number of hydrogen-bond donors (Lipinski definition) is 2. The summed E-state index contributed by atoms with van der Waals surface area (Å²) in [5, 5.41) is 7.29. The predicted octanol–water partition coefficient (Wildman–Crippen LogP) is 3.01. The highest BCUT2D eigenvalue weighted by atomic mass is 79.9. The largest absolute Gasteiger partial charge is 0.327 e. The molecule has 0 bridgehead atoms. The second-order valence-corrected chi connectivity index (χ2v) is 9.83. The first-order valence-corrected chi connectivity index (χ1v) is 10.5. The number of nitrogens with one attached hydrogen (secondary N) is 2. The fourth-order valence-electron chi connectivity index (χ4n) is 3.65. The molecule has 2 atom stereocenters. The van der Waals surface area contributed by atoms with Crippen LogP contribution >= 0.6 is 15.9 Å². The molecule has 0 spiro atoms. The topological polar surface area (TPSA) is 101 Å². The van der Waals surface area contributed by atoms with Crippen molar-refractivity contribution in [2.24, 2.45) is 0 Å². The Morgan fingerprint density at radius 1 is 1.33 bits per heavy atom. The molecule has 0 fully saturated rings. The van der Waals surface area contributed by atoms with Crippen molar-refractivity contribution < 1.29 is 8.42 Å². The van der Waals surface area contributed by atoms with Gasteiger partial charge in [-0.25, -0.2) is 12.4 Å². The van der Waals surface area contributed by atoms with E-state index in [0.29, 0.717) is 11.0 Å². The number of allylic oxidation sites excluding steroid dienone is 3. The van der Waals surface area contributed by atoms with Crippen LogP contribution in [0.5, 0.6) is 0 Å². The van der Waals surface area contributed by atoms with Gasteiger partial charge in [-0.3, -0.25) is 9.89 Å². The van der Waals surface area contributed by atoms with Crippen molar-refractivity contribution in [2.45, 2.75) is 24.5 Å². The minimum absolute atomic E-state index is 0.117. The maximum atomic E-state index is 13.9. The first-order valence-electron chi connectivity index (χ1n) is 8.25. The van der Waals surface area contributed by atoms with Gasteiger partial charge in [0.05, 0.1) is 6.20 Å². The lowest BCUT2D eigenvalue weighted by atomic mass is 9.80. The Morgan fingerprint density at radius 3 is 2.81 bits per heavy atom. The van der Waals surface area contributed by atoms with Gasteiger partial charge in [-0.1, -0.05) is 22.0 Å². The highest BCUT2D eigenvalue weighted by Crippen LogP contribution is 2.47. The number of aromatic amines is 2. The Bertz CT molecular complexity index is 1250. The number of hydrogen-bond acceptors (Lipinski definition) is 4. The summed E-state index contributed by atoms with van der Waals surface area (Å²) in [4.78, 5) is 14.9. The molecule has 7 nitrogen and oxygen atoms in total. The molecule has 1 aliphatic rings. The van der Waals surface area contributed by atoms with Gasteiger partial charge in [-0.15, -0.1) is 0 Å². The standard InChI is InChI=1S/C18H17BrN4O3S/c1-11-7-14(19)8-15(13-9-21-22-10-13)18(11,2)27(25,26)23-6-4-12-3-5-20-17(24)16(12)23/h3-10,15H,1-2H3,(H,20,24)(H,21,22). The van der Waals surface area contributed by atoms with Crippen LogP contribution in [0.15, 0.2) is 63.9 Å². The van der Waals surface area contributed by atoms with Crippen molar-refractivity contribution in [1.82, 2.24) is 19.2 Å². The van der Waals surface area contributed by atoms with E-state index in [0.717, 1.165) is 14.0 Å². The van der Waals surface area contributed by atoms with Gasteiger partial charge in [0.2, 0.25) is 10.0 Å². The normalized spacial score (nSPS) is 23.3. The number of H-pyrrole nitrogens is 2. The third kappa shape index (κ3) is 2.49. The molecule has 0 saturated carbocycles. The van der Waals surface area contributed by atoms with Crippen molar-refractivity contribution in [1.29, 1.82) is 0 Å². The van der Waals surface area contributed by atoms with E-state index in [4.69, 9.17) is 0 Å². The summed E-state index contributed by atoms with van der Waals surface area (Å²) in [6.07, 6.45) is 9.90. The van der Waals surface area contributed by atoms with E-state index < -0.39 is 26.2 Å². The molecule has 0 aromatic carbocycles. The Balaban J connectivity index is 2.01. The summed E-state index contributed by atoms with van der Waals surface area (Å²) in [5.74, 6) is -0.485. The highest BCUT2D eigenvalue weighted by Gasteiger charge is 2.50. The van der Waals surface area contributed by atoms with Gasteiger partial charge in [0.15, 0.2) is 0 Å². The van der Waals surface area contributed by atoms with Crippen LogP contribution in [0.4, 0.5) is 0 Å². The Kier molecular flexibility index (Phi) is 4.04. The summed E-state index contributed by atoms with van der Waals surface area (Å²) in [6.45, 7) is 3.47. The summed E-state index contributed by atoms with van der Waals surface area (Å²) in [7, 11) is -3.99. The zero-order valence-corrected chi connectivity index (χ0v) is 17.0. The van der Waals surface area contributed by atoms with E-state index in [9.17, 15) is 13.2 Å². The van der Waals surface area contributed by atoms with Crippen molar-refractivity contribution in [3.8, 4) is 0 Å². The zero-order chi connectivity index (χ0) is 19.4. The Hall–Kier alpha value is -2.39. The molecule has 1 aliphatic carbocycles. The van der Waals surface area contributed by atoms with E-state index in [2.05, 4.69) is 31.1 Å². The summed E-state index contributed by atoms with van der Waals surface area (Å²) < 4.78 is 28.3. The van der Waals surface area contributed by atoms with Crippen LogP contribution < -0.4 is 5.56 Å². The molecule has 0 radical (unpaired) electrons. The quantitative estimate of drug-likeness (QED) is 0.642. The molecule has 3 heterocycles. The predicted molar refractivity (Wildman–Crippen MR) is 107 cm³/mol. The van der Waals surface area contributed by atoms with Gasteiger partial charge in [0.25, 0.3) is 5.56 Å². The first-order chi connectivity index (χ1) is 12.8. The second kappa shape index (κ2) is 6.07. The number of fused-ring (bicyclic) bond motifs is 1. The third-order valence-corrected chi connectivity index (χ3v) is 8.27. The fourth-order valence-corrected chi connectivity index (χ4v) is 6.30. The molecule has 4 rings (SSSR count). The van der Waals surface area contributed by atoms with Crippen molar-refractivity contribution >= 4 is 36.9 Å². The number of nitrogens with zero attached hydrogens (tertiary/aromatic N) is 2. The van der Waals surface area contributed by atoms with E-state index in [-0.39, 0.29) is 5.52 Å². The van der Waals surface area contributed by atoms with Crippen LogP contribution in [0.1, 0.15) is 25.3 Å². The zero-order valence-electron chi connectivity index (χ0n) is 14.6. The van der Waals surface area contributed by atoms with Crippen LogP contribution in [0.25, 0.3) is 10.9 Å². The molecule has 27 heavy (non-hydrogen) atoms. The number of pyridine rings is 1. The van der Waals surface area contributed by atoms with Gasteiger partial charge in [0.1, 0.15) is 10.3 Å². The van der Waals surface area contributed by atoms with E-state index in [1.54, 1.807) is 44.4 Å². The van der Waals surface area contributed by atoms with Crippen LogP contribution in [-0.2, 0) is 10.0 Å². The first kappa shape index (κ1) is 18.0. The van der Waals surface area contributed by atoms with Crippen LogP contribution in [-0.4, -0.2) is 32.3 Å². The summed E-state index contributed by atoms with van der Waals surface area (Å²) in [6, 6.07) is 3.31. The SMILES string of the molecule is CC1=CC(Br)=CC(c2cn[nH]c2)C1(C)S(=O)(=O)n1ccc2cc[nH]c(=O)c21. The van der Waals surface area contributed by atoms with Crippen LogP contribution in [0.2, 0.25) is 0 Å². The Labute approximate surface area is 164 Å². The Morgan fingerprint density at radius 2 is 2.11 bits per heavy atom. The van der Waals surface area contributed by atoms with E-state index in [1.165, 1.54) is 12.4 Å². The smallest absolute Gasteiger partial charge is 0.273 e. The van der Waals surface area contributed by atoms with Gasteiger partial charge in [0, 0.05) is 34.4 Å². The average molecular weight is 449 g/mol. The maximum absolute atomic E-state index is 13.9. The molecule has 140 valence electrons. The third-order valence-electron chi connectivity index (χ3n) is 5.31.